The summed E-state index contributed by atoms with van der Waals surface area (Å²) in [5.41, 5.74) is 3.04. The molecule has 13 nitrogen and oxygen atoms in total. The molecule has 2 aromatic heterocycles. The van der Waals surface area contributed by atoms with E-state index in [4.69, 9.17) is 4.74 Å². The second-order valence-electron chi connectivity index (χ2n) is 8.22. The first-order valence-electron chi connectivity index (χ1n) is 11.4. The Morgan fingerprint density at radius 3 is 2.73 bits per heavy atom. The van der Waals surface area contributed by atoms with E-state index in [1.807, 2.05) is 31.2 Å². The zero-order chi connectivity index (χ0) is 26.5. The number of aliphatic hydroxyl groups excluding tert-OH is 1. The van der Waals surface area contributed by atoms with Crippen molar-refractivity contribution in [1.82, 2.24) is 19.1 Å². The number of nitro groups is 1. The van der Waals surface area contributed by atoms with E-state index in [1.54, 1.807) is 6.07 Å². The van der Waals surface area contributed by atoms with Gasteiger partial charge < -0.3 is 14.4 Å². The number of aromatic amines is 1. The van der Waals surface area contributed by atoms with Crippen molar-refractivity contribution in [3.05, 3.63) is 90.6 Å². The van der Waals surface area contributed by atoms with Crippen molar-refractivity contribution >= 4 is 29.0 Å². The molecule has 192 valence electrons. The number of hydrogen-bond acceptors (Lipinski definition) is 9. The van der Waals surface area contributed by atoms with Crippen LogP contribution in [0.1, 0.15) is 18.1 Å². The molecule has 0 amide bonds. The van der Waals surface area contributed by atoms with E-state index in [0.717, 1.165) is 12.0 Å². The molecule has 37 heavy (non-hydrogen) atoms. The number of nitro benzene ring substituents is 1. The number of aryl methyl sites for hydroxylation is 2. The average molecular weight is 508 g/mol. The number of ether oxygens (including phenoxy) is 1. The van der Waals surface area contributed by atoms with E-state index in [1.165, 1.54) is 40.6 Å². The number of aromatic nitrogens is 4. The van der Waals surface area contributed by atoms with Crippen molar-refractivity contribution in [3.63, 3.8) is 0 Å². The number of nitrogens with one attached hydrogen (secondary N) is 2. The Balaban J connectivity index is 1.59. The zero-order valence-corrected chi connectivity index (χ0v) is 20.1. The maximum atomic E-state index is 12.6. The molecule has 3 N–H and O–H groups in total. The molecule has 1 atom stereocenters. The van der Waals surface area contributed by atoms with Gasteiger partial charge in [-0.2, -0.15) is 10.1 Å². The molecule has 0 aliphatic carbocycles. The predicted octanol–water partition coefficient (Wildman–Crippen LogP) is 1.78. The predicted molar refractivity (Wildman–Crippen MR) is 137 cm³/mol. The normalized spacial score (nSPS) is 12.2. The van der Waals surface area contributed by atoms with Crippen LogP contribution in [0.25, 0.3) is 11.2 Å². The summed E-state index contributed by atoms with van der Waals surface area (Å²) < 4.78 is 8.24. The third-order valence-electron chi connectivity index (χ3n) is 5.63. The summed E-state index contributed by atoms with van der Waals surface area (Å²) >= 11 is 0. The molecule has 0 aliphatic rings. The number of non-ortho nitro benzene ring substituents is 1. The summed E-state index contributed by atoms with van der Waals surface area (Å²) in [5, 5.41) is 25.8. The minimum Gasteiger partial charge on any atom is -0.491 e. The second kappa shape index (κ2) is 10.9. The van der Waals surface area contributed by atoms with Gasteiger partial charge in [0.1, 0.15) is 18.5 Å². The lowest BCUT2D eigenvalue weighted by molar-refractivity contribution is -0.384. The lowest BCUT2D eigenvalue weighted by Gasteiger charge is -2.15. The van der Waals surface area contributed by atoms with E-state index >= 15 is 0 Å². The van der Waals surface area contributed by atoms with Gasteiger partial charge in [0, 0.05) is 24.7 Å². The first kappa shape index (κ1) is 25.3. The number of rotatable bonds is 10. The Morgan fingerprint density at radius 2 is 2.03 bits per heavy atom. The van der Waals surface area contributed by atoms with Crippen LogP contribution >= 0.6 is 0 Å². The SMILES string of the molecule is CCc1ccc(OC[C@@H](O)Cn2c(N/N=C\c3cccc([N+](=O)[O-])c3)nc3c2c(=O)[nH]c(=O)n3C)cc1. The number of aliphatic hydroxyl groups is 1. The van der Waals surface area contributed by atoms with E-state index in [9.17, 15) is 24.8 Å². The van der Waals surface area contributed by atoms with Crippen LogP contribution in [-0.2, 0) is 20.0 Å². The van der Waals surface area contributed by atoms with Gasteiger partial charge in [-0.3, -0.25) is 24.5 Å². The van der Waals surface area contributed by atoms with E-state index in [2.05, 4.69) is 20.5 Å². The summed E-state index contributed by atoms with van der Waals surface area (Å²) in [5.74, 6) is 0.668. The van der Waals surface area contributed by atoms with E-state index in [-0.39, 0.29) is 36.0 Å². The maximum absolute atomic E-state index is 12.6. The van der Waals surface area contributed by atoms with Gasteiger partial charge in [-0.1, -0.05) is 31.2 Å². The Kier molecular flexibility index (Phi) is 7.44. The molecule has 13 heteroatoms. The Morgan fingerprint density at radius 1 is 1.27 bits per heavy atom. The van der Waals surface area contributed by atoms with Crippen molar-refractivity contribution in [3.8, 4) is 5.75 Å². The van der Waals surface area contributed by atoms with Crippen LogP contribution in [0.5, 0.6) is 5.75 Å². The lowest BCUT2D eigenvalue weighted by Crippen LogP contribution is -2.30. The Labute approximate surface area is 209 Å². The molecule has 0 spiro atoms. The summed E-state index contributed by atoms with van der Waals surface area (Å²) in [6, 6.07) is 13.4. The monoisotopic (exact) mass is 507 g/mol. The van der Waals surface area contributed by atoms with Crippen LogP contribution in [0.4, 0.5) is 11.6 Å². The van der Waals surface area contributed by atoms with Gasteiger partial charge in [0.2, 0.25) is 5.95 Å². The second-order valence-corrected chi connectivity index (χ2v) is 8.22. The lowest BCUT2D eigenvalue weighted by atomic mass is 10.2. The average Bonchev–Trinajstić information content (AvgIpc) is 3.25. The first-order valence-corrected chi connectivity index (χ1v) is 11.4. The van der Waals surface area contributed by atoms with Gasteiger partial charge in [0.05, 0.1) is 17.7 Å². The molecule has 4 aromatic rings. The summed E-state index contributed by atoms with van der Waals surface area (Å²) in [6.07, 6.45) is 1.20. The van der Waals surface area contributed by atoms with E-state index in [0.29, 0.717) is 11.3 Å². The number of hydrogen-bond donors (Lipinski definition) is 3. The van der Waals surface area contributed by atoms with E-state index < -0.39 is 22.3 Å². The van der Waals surface area contributed by atoms with Crippen LogP contribution in [0.2, 0.25) is 0 Å². The molecule has 2 heterocycles. The zero-order valence-electron chi connectivity index (χ0n) is 20.1. The highest BCUT2D eigenvalue weighted by Crippen LogP contribution is 2.18. The van der Waals surface area contributed by atoms with Gasteiger partial charge >= 0.3 is 5.69 Å². The van der Waals surface area contributed by atoms with Crippen molar-refractivity contribution in [2.45, 2.75) is 26.0 Å². The highest BCUT2D eigenvalue weighted by Gasteiger charge is 2.20. The Bertz CT molecular complexity index is 1570. The smallest absolute Gasteiger partial charge is 0.329 e. The fourth-order valence-electron chi connectivity index (χ4n) is 3.66. The molecule has 0 saturated heterocycles. The number of fused-ring (bicyclic) bond motifs is 1. The van der Waals surface area contributed by atoms with Crippen LogP contribution < -0.4 is 21.4 Å². The quantitative estimate of drug-likeness (QED) is 0.166. The maximum Gasteiger partial charge on any atom is 0.329 e. The van der Waals surface area contributed by atoms with Gasteiger partial charge in [-0.15, -0.1) is 0 Å². The largest absolute Gasteiger partial charge is 0.491 e. The van der Waals surface area contributed by atoms with Gasteiger partial charge in [0.15, 0.2) is 11.2 Å². The fraction of sp³-hybridized carbons (Fsp3) is 0.250. The fourth-order valence-corrected chi connectivity index (χ4v) is 3.66. The van der Waals surface area contributed by atoms with Gasteiger partial charge in [0.25, 0.3) is 11.2 Å². The molecule has 0 bridgehead atoms. The number of nitrogens with zero attached hydrogens (tertiary/aromatic N) is 5. The number of hydrazone groups is 1. The number of imidazole rings is 1. The van der Waals surface area contributed by atoms with Crippen molar-refractivity contribution in [2.75, 3.05) is 12.0 Å². The molecular weight excluding hydrogens is 482 g/mol. The van der Waals surface area contributed by atoms with Gasteiger partial charge in [-0.25, -0.2) is 10.2 Å². The van der Waals surface area contributed by atoms with Crippen LogP contribution in [0.15, 0.2) is 63.2 Å². The minimum atomic E-state index is -1.04. The van der Waals surface area contributed by atoms with Crippen molar-refractivity contribution < 1.29 is 14.8 Å². The molecule has 0 unspecified atom stereocenters. The topological polar surface area (TPSA) is 170 Å². The molecule has 4 rings (SSSR count). The number of benzene rings is 2. The molecule has 0 saturated carbocycles. The van der Waals surface area contributed by atoms with Crippen molar-refractivity contribution in [2.24, 2.45) is 12.1 Å². The minimum absolute atomic E-state index is 0.0569. The summed E-state index contributed by atoms with van der Waals surface area (Å²) in [6.45, 7) is 1.89. The highest BCUT2D eigenvalue weighted by atomic mass is 16.6. The Hall–Kier alpha value is -4.78. The van der Waals surface area contributed by atoms with Crippen LogP contribution in [0, 0.1) is 10.1 Å². The first-order chi connectivity index (χ1) is 17.8. The molecule has 0 fully saturated rings. The standard InChI is InChI=1S/C24H25N7O6/c1-3-15-7-9-19(10-8-15)37-14-18(32)13-30-20-21(29(2)24(34)27-22(20)33)26-23(30)28-25-12-16-5-4-6-17(11-16)31(35)36/h4-12,18,32H,3,13-14H2,1-2H3,(H,26,28)(H,27,33,34)/b25-12-/t18-/m0/s1. The van der Waals surface area contributed by atoms with Gasteiger partial charge in [-0.05, 0) is 24.1 Å². The van der Waals surface area contributed by atoms with Crippen molar-refractivity contribution in [1.29, 1.82) is 0 Å². The molecule has 0 radical (unpaired) electrons. The molecule has 2 aromatic carbocycles. The van der Waals surface area contributed by atoms with Crippen LogP contribution in [-0.4, -0.2) is 48.1 Å². The highest BCUT2D eigenvalue weighted by molar-refractivity contribution is 5.81. The summed E-state index contributed by atoms with van der Waals surface area (Å²) in [7, 11) is 1.45. The third kappa shape index (κ3) is 5.73. The number of anilines is 1. The van der Waals surface area contributed by atoms with Crippen LogP contribution in [0.3, 0.4) is 0 Å². The molecular formula is C24H25N7O6. The summed E-state index contributed by atoms with van der Waals surface area (Å²) in [4.78, 5) is 41.7. The molecule has 0 aliphatic heterocycles. The number of H-pyrrole nitrogens is 1. The third-order valence-corrected chi connectivity index (χ3v) is 5.63.